The van der Waals surface area contributed by atoms with Crippen LogP contribution in [0.3, 0.4) is 0 Å². The fraction of sp³-hybridized carbons (Fsp3) is 0.583. The van der Waals surface area contributed by atoms with Crippen molar-refractivity contribution in [2.45, 2.75) is 62.0 Å². The van der Waals surface area contributed by atoms with E-state index >= 15 is 0 Å². The van der Waals surface area contributed by atoms with Gasteiger partial charge in [0.15, 0.2) is 9.84 Å². The Balaban J connectivity index is 1.40. The molecule has 0 unspecified atom stereocenters. The smallest absolute Gasteiger partial charge is 0.182 e. The summed E-state index contributed by atoms with van der Waals surface area (Å²) in [4.78, 5) is 0.366. The quantitative estimate of drug-likeness (QED) is 0.690. The molecule has 0 bridgehead atoms. The number of hydrogen-bond donors (Lipinski definition) is 2. The van der Waals surface area contributed by atoms with Crippen LogP contribution in [0.1, 0.15) is 44.9 Å². The Morgan fingerprint density at radius 1 is 1.10 bits per heavy atom. The molecule has 1 aromatic rings. The average molecular weight is 417 g/mol. The van der Waals surface area contributed by atoms with E-state index in [9.17, 15) is 18.6 Å². The van der Waals surface area contributed by atoms with Crippen LogP contribution in [0, 0.1) is 23.7 Å². The summed E-state index contributed by atoms with van der Waals surface area (Å²) >= 11 is 0. The summed E-state index contributed by atoms with van der Waals surface area (Å²) < 4.78 is 25.4. The van der Waals surface area contributed by atoms with Crippen molar-refractivity contribution in [2.75, 3.05) is 5.75 Å². The molecule has 0 aliphatic heterocycles. The molecule has 2 saturated carbocycles. The van der Waals surface area contributed by atoms with Crippen LogP contribution in [0.4, 0.5) is 0 Å². The second kappa shape index (κ2) is 8.75. The Hall–Kier alpha value is -1.43. The molecule has 0 aromatic heterocycles. The van der Waals surface area contributed by atoms with E-state index in [4.69, 9.17) is 0 Å². The summed E-state index contributed by atoms with van der Waals surface area (Å²) in [5, 5.41) is 21.1. The topological polar surface area (TPSA) is 74.6 Å². The maximum Gasteiger partial charge on any atom is 0.182 e. The van der Waals surface area contributed by atoms with Gasteiger partial charge in [-0.15, -0.1) is 0 Å². The highest BCUT2D eigenvalue weighted by Gasteiger charge is 2.44. The van der Waals surface area contributed by atoms with Gasteiger partial charge in [-0.2, -0.15) is 0 Å². The van der Waals surface area contributed by atoms with Crippen molar-refractivity contribution < 1.29 is 18.6 Å². The number of fused-ring (bicyclic) bond motifs is 1. The zero-order chi connectivity index (χ0) is 20.4. The molecule has 158 valence electrons. The first kappa shape index (κ1) is 20.8. The summed E-state index contributed by atoms with van der Waals surface area (Å²) in [5.74, 6) is 0.851. The molecular formula is C24H32O4S. The van der Waals surface area contributed by atoms with Crippen LogP contribution < -0.4 is 0 Å². The summed E-state index contributed by atoms with van der Waals surface area (Å²) in [6, 6.07) is 8.61. The van der Waals surface area contributed by atoms with E-state index in [1.54, 1.807) is 24.3 Å². The van der Waals surface area contributed by atoms with Gasteiger partial charge in [0.05, 0.1) is 22.9 Å². The van der Waals surface area contributed by atoms with Crippen molar-refractivity contribution in [3.8, 4) is 0 Å². The van der Waals surface area contributed by atoms with Crippen LogP contribution in [-0.2, 0) is 9.84 Å². The highest BCUT2D eigenvalue weighted by atomic mass is 32.2. The molecule has 2 N–H and O–H groups in total. The van der Waals surface area contributed by atoms with E-state index in [0.29, 0.717) is 23.7 Å². The molecule has 5 heteroatoms. The first-order valence-electron chi connectivity index (χ1n) is 11.0. The minimum atomic E-state index is -3.33. The molecule has 3 aliphatic carbocycles. The molecule has 3 aliphatic rings. The molecule has 0 saturated heterocycles. The highest BCUT2D eigenvalue weighted by Crippen LogP contribution is 2.47. The SMILES string of the molecule is O=S(=O)(CC1=C[C@H]2C[C@@H](O)[C@@H](/C=C/[C@@H](O)C3CCCCC3)[C@H]2C1)c1ccccc1. The van der Waals surface area contributed by atoms with Gasteiger partial charge in [0.1, 0.15) is 0 Å². The fourth-order valence-corrected chi connectivity index (χ4v) is 6.98. The van der Waals surface area contributed by atoms with Crippen LogP contribution >= 0.6 is 0 Å². The van der Waals surface area contributed by atoms with Crippen LogP contribution in [0.15, 0.2) is 59.0 Å². The number of hydrogen-bond acceptors (Lipinski definition) is 4. The number of rotatable bonds is 6. The van der Waals surface area contributed by atoms with Crippen molar-refractivity contribution >= 4 is 9.84 Å². The molecule has 4 rings (SSSR count). The Morgan fingerprint density at radius 3 is 2.55 bits per heavy atom. The number of aliphatic hydroxyl groups is 2. The van der Waals surface area contributed by atoms with Gasteiger partial charge in [0, 0.05) is 5.92 Å². The number of allylic oxidation sites excluding steroid dienone is 1. The summed E-state index contributed by atoms with van der Waals surface area (Å²) in [6.45, 7) is 0. The van der Waals surface area contributed by atoms with E-state index in [2.05, 4.69) is 6.08 Å². The van der Waals surface area contributed by atoms with Crippen molar-refractivity contribution in [1.82, 2.24) is 0 Å². The highest BCUT2D eigenvalue weighted by molar-refractivity contribution is 7.91. The van der Waals surface area contributed by atoms with Gasteiger partial charge in [-0.1, -0.05) is 61.3 Å². The number of aliphatic hydroxyl groups excluding tert-OH is 2. The van der Waals surface area contributed by atoms with Gasteiger partial charge in [-0.25, -0.2) is 8.42 Å². The third-order valence-electron chi connectivity index (χ3n) is 7.09. The third kappa shape index (κ3) is 4.68. The van der Waals surface area contributed by atoms with E-state index in [-0.39, 0.29) is 23.5 Å². The van der Waals surface area contributed by atoms with Gasteiger partial charge in [-0.05, 0) is 55.6 Å². The number of benzene rings is 1. The van der Waals surface area contributed by atoms with Crippen LogP contribution in [-0.4, -0.2) is 36.6 Å². The lowest BCUT2D eigenvalue weighted by atomic mass is 9.84. The van der Waals surface area contributed by atoms with Crippen molar-refractivity contribution in [3.63, 3.8) is 0 Å². The average Bonchev–Trinajstić information content (AvgIpc) is 3.23. The number of sulfone groups is 1. The van der Waals surface area contributed by atoms with Crippen LogP contribution in [0.5, 0.6) is 0 Å². The van der Waals surface area contributed by atoms with Gasteiger partial charge >= 0.3 is 0 Å². The predicted molar refractivity (Wildman–Crippen MR) is 114 cm³/mol. The minimum Gasteiger partial charge on any atom is -0.392 e. The Labute approximate surface area is 174 Å². The van der Waals surface area contributed by atoms with Crippen molar-refractivity contribution in [1.29, 1.82) is 0 Å². The van der Waals surface area contributed by atoms with E-state index in [1.165, 1.54) is 19.3 Å². The van der Waals surface area contributed by atoms with Crippen LogP contribution in [0.25, 0.3) is 0 Å². The monoisotopic (exact) mass is 416 g/mol. The van der Waals surface area contributed by atoms with Crippen LogP contribution in [0.2, 0.25) is 0 Å². The van der Waals surface area contributed by atoms with Gasteiger partial charge < -0.3 is 10.2 Å². The van der Waals surface area contributed by atoms with Gasteiger partial charge in [0.2, 0.25) is 0 Å². The second-order valence-electron chi connectivity index (χ2n) is 9.08. The third-order valence-corrected chi connectivity index (χ3v) is 8.83. The zero-order valence-corrected chi connectivity index (χ0v) is 17.7. The molecule has 4 nitrogen and oxygen atoms in total. The lowest BCUT2D eigenvalue weighted by molar-refractivity contribution is 0.120. The van der Waals surface area contributed by atoms with Gasteiger partial charge in [0.25, 0.3) is 0 Å². The first-order chi connectivity index (χ1) is 13.9. The summed E-state index contributed by atoms with van der Waals surface area (Å²) in [7, 11) is -3.33. The molecular weight excluding hydrogens is 384 g/mol. The molecule has 0 heterocycles. The van der Waals surface area contributed by atoms with Crippen molar-refractivity contribution in [2.24, 2.45) is 23.7 Å². The Kier molecular flexibility index (Phi) is 6.28. The maximum absolute atomic E-state index is 12.7. The Morgan fingerprint density at radius 2 is 1.83 bits per heavy atom. The summed E-state index contributed by atoms with van der Waals surface area (Å²) in [6.07, 6.45) is 12.3. The Bertz CT molecular complexity index is 852. The van der Waals surface area contributed by atoms with E-state index in [1.807, 2.05) is 18.2 Å². The summed E-state index contributed by atoms with van der Waals surface area (Å²) in [5.41, 5.74) is 0.960. The van der Waals surface area contributed by atoms with E-state index < -0.39 is 22.0 Å². The van der Waals surface area contributed by atoms with Gasteiger partial charge in [-0.3, -0.25) is 0 Å². The minimum absolute atomic E-state index is 0.00794. The molecule has 0 amide bonds. The van der Waals surface area contributed by atoms with E-state index in [0.717, 1.165) is 18.4 Å². The molecule has 5 atom stereocenters. The standard InChI is InChI=1S/C24H32O4S/c25-23(18-7-3-1-4-8-18)12-11-21-22-14-17(13-19(22)15-24(21)26)16-29(27,28)20-9-5-2-6-10-20/h2,5-6,9-13,18-19,21-26H,1,3-4,7-8,14-16H2/b12-11+/t19-,21-,22-,23+,24+/m0/s1. The fourth-order valence-electron chi connectivity index (χ4n) is 5.54. The largest absolute Gasteiger partial charge is 0.392 e. The lowest BCUT2D eigenvalue weighted by Gasteiger charge is -2.25. The second-order valence-corrected chi connectivity index (χ2v) is 11.1. The maximum atomic E-state index is 12.7. The first-order valence-corrected chi connectivity index (χ1v) is 12.6. The normalized spacial score (nSPS) is 31.7. The van der Waals surface area contributed by atoms with Crippen molar-refractivity contribution in [3.05, 3.63) is 54.1 Å². The zero-order valence-electron chi connectivity index (χ0n) is 16.9. The molecule has 0 radical (unpaired) electrons. The molecule has 1 aromatic carbocycles. The molecule has 2 fully saturated rings. The predicted octanol–water partition coefficient (Wildman–Crippen LogP) is 3.90. The molecule has 0 spiro atoms. The lowest BCUT2D eigenvalue weighted by Crippen LogP contribution is -2.22. The molecule has 29 heavy (non-hydrogen) atoms.